The molecule has 21 heavy (non-hydrogen) atoms. The first-order valence-electron chi connectivity index (χ1n) is 7.05. The Hall–Kier alpha value is -1.84. The van der Waals surface area contributed by atoms with E-state index in [9.17, 15) is 4.79 Å². The molecule has 4 heteroatoms. The highest BCUT2D eigenvalue weighted by molar-refractivity contribution is 6.32. The van der Waals surface area contributed by atoms with Gasteiger partial charge in [0.2, 0.25) is 0 Å². The molecule has 3 rings (SSSR count). The number of hydrogen-bond acceptors (Lipinski definition) is 2. The van der Waals surface area contributed by atoms with E-state index in [-0.39, 0.29) is 5.91 Å². The molecule has 3 nitrogen and oxygen atoms in total. The van der Waals surface area contributed by atoms with E-state index in [1.54, 1.807) is 18.2 Å². The predicted molar refractivity (Wildman–Crippen MR) is 86.0 cm³/mol. The molecule has 0 fully saturated rings. The van der Waals surface area contributed by atoms with Gasteiger partial charge in [0, 0.05) is 22.8 Å². The van der Waals surface area contributed by atoms with E-state index in [0.717, 1.165) is 30.8 Å². The van der Waals surface area contributed by atoms with E-state index in [1.165, 1.54) is 11.1 Å². The lowest BCUT2D eigenvalue weighted by atomic mass is 9.99. The molecule has 1 aliphatic rings. The maximum atomic E-state index is 12.5. The molecule has 0 unspecified atom stereocenters. The molecular formula is C17H17ClN2O. The normalized spacial score (nSPS) is 13.6. The van der Waals surface area contributed by atoms with Crippen LogP contribution in [0.2, 0.25) is 5.02 Å². The molecule has 0 saturated heterocycles. The van der Waals surface area contributed by atoms with Crippen LogP contribution in [0.4, 0.5) is 5.69 Å². The van der Waals surface area contributed by atoms with Crippen molar-refractivity contribution in [3.63, 3.8) is 0 Å². The number of benzene rings is 2. The van der Waals surface area contributed by atoms with Gasteiger partial charge in [-0.25, -0.2) is 0 Å². The zero-order valence-corrected chi connectivity index (χ0v) is 12.6. The number of fused-ring (bicyclic) bond motifs is 1. The smallest absolute Gasteiger partial charge is 0.255 e. The van der Waals surface area contributed by atoms with Crippen molar-refractivity contribution in [1.82, 2.24) is 5.32 Å². The van der Waals surface area contributed by atoms with E-state index < -0.39 is 0 Å². The number of carbonyl (C=O) groups is 1. The second-order valence-electron chi connectivity index (χ2n) is 5.24. The Labute approximate surface area is 129 Å². The monoisotopic (exact) mass is 300 g/mol. The Morgan fingerprint density at radius 3 is 2.90 bits per heavy atom. The molecule has 108 valence electrons. The summed E-state index contributed by atoms with van der Waals surface area (Å²) in [7, 11) is 0. The minimum Gasteiger partial charge on any atom is -0.322 e. The summed E-state index contributed by atoms with van der Waals surface area (Å²) in [6.07, 6.45) is 0.995. The molecule has 1 amide bonds. The summed E-state index contributed by atoms with van der Waals surface area (Å²) >= 11 is 6.09. The Balaban J connectivity index is 1.90. The summed E-state index contributed by atoms with van der Waals surface area (Å²) in [4.78, 5) is 12.5. The highest BCUT2D eigenvalue weighted by Crippen LogP contribution is 2.25. The summed E-state index contributed by atoms with van der Waals surface area (Å²) in [5, 5.41) is 6.97. The summed E-state index contributed by atoms with van der Waals surface area (Å²) in [5.41, 5.74) is 4.78. The Kier molecular flexibility index (Phi) is 3.95. The van der Waals surface area contributed by atoms with Crippen molar-refractivity contribution in [3.05, 3.63) is 63.7 Å². The molecule has 1 heterocycles. The standard InChI is InChI=1S/C17H17ClN2O/c1-11-13(5-3-6-15(11)18)17(21)20-16-7-2-4-12-8-9-19-10-14(12)16/h2-7,19H,8-10H2,1H3,(H,20,21). The number of nitrogens with one attached hydrogen (secondary N) is 2. The molecule has 2 N–H and O–H groups in total. The van der Waals surface area contributed by atoms with Crippen LogP contribution in [0.3, 0.4) is 0 Å². The van der Waals surface area contributed by atoms with E-state index in [0.29, 0.717) is 10.6 Å². The highest BCUT2D eigenvalue weighted by atomic mass is 35.5. The van der Waals surface area contributed by atoms with Gasteiger partial charge in [-0.1, -0.05) is 29.8 Å². The lowest BCUT2D eigenvalue weighted by molar-refractivity contribution is 0.102. The second-order valence-corrected chi connectivity index (χ2v) is 5.64. The van der Waals surface area contributed by atoms with Crippen molar-refractivity contribution >= 4 is 23.2 Å². The number of carbonyl (C=O) groups excluding carboxylic acids is 1. The first kappa shape index (κ1) is 14.1. The third-order valence-electron chi connectivity index (χ3n) is 3.91. The third-order valence-corrected chi connectivity index (χ3v) is 4.32. The average Bonchev–Trinajstić information content (AvgIpc) is 2.50. The minimum absolute atomic E-state index is 0.117. The van der Waals surface area contributed by atoms with Crippen LogP contribution in [0.1, 0.15) is 27.0 Å². The van der Waals surface area contributed by atoms with Crippen LogP contribution in [0.5, 0.6) is 0 Å². The minimum atomic E-state index is -0.117. The Morgan fingerprint density at radius 2 is 2.05 bits per heavy atom. The summed E-state index contributed by atoms with van der Waals surface area (Å²) in [6, 6.07) is 11.4. The molecule has 1 aliphatic heterocycles. The van der Waals surface area contributed by atoms with Gasteiger partial charge in [-0.2, -0.15) is 0 Å². The maximum Gasteiger partial charge on any atom is 0.255 e. The molecule has 0 atom stereocenters. The van der Waals surface area contributed by atoms with Crippen LogP contribution in [0.15, 0.2) is 36.4 Å². The van der Waals surface area contributed by atoms with Crippen molar-refractivity contribution < 1.29 is 4.79 Å². The molecule has 0 spiro atoms. The fraction of sp³-hybridized carbons (Fsp3) is 0.235. The van der Waals surface area contributed by atoms with E-state index in [1.807, 2.05) is 19.1 Å². The lowest BCUT2D eigenvalue weighted by Gasteiger charge is -2.21. The van der Waals surface area contributed by atoms with Gasteiger partial charge in [-0.15, -0.1) is 0 Å². The van der Waals surface area contributed by atoms with Crippen LogP contribution in [0, 0.1) is 6.92 Å². The Bertz CT molecular complexity index is 697. The van der Waals surface area contributed by atoms with Gasteiger partial charge in [0.05, 0.1) is 0 Å². The molecule has 2 aromatic rings. The summed E-state index contributed by atoms with van der Waals surface area (Å²) in [5.74, 6) is -0.117. The SMILES string of the molecule is Cc1c(Cl)cccc1C(=O)Nc1cccc2c1CNCC2. The quantitative estimate of drug-likeness (QED) is 0.890. The van der Waals surface area contributed by atoms with Crippen molar-refractivity contribution in [2.24, 2.45) is 0 Å². The van der Waals surface area contributed by atoms with Crippen LogP contribution < -0.4 is 10.6 Å². The van der Waals surface area contributed by atoms with Crippen LogP contribution in [-0.2, 0) is 13.0 Å². The second kappa shape index (κ2) is 5.88. The van der Waals surface area contributed by atoms with Crippen molar-refractivity contribution in [1.29, 1.82) is 0 Å². The number of rotatable bonds is 2. The largest absolute Gasteiger partial charge is 0.322 e. The van der Waals surface area contributed by atoms with Gasteiger partial charge in [-0.3, -0.25) is 4.79 Å². The van der Waals surface area contributed by atoms with Crippen LogP contribution >= 0.6 is 11.6 Å². The van der Waals surface area contributed by atoms with Crippen LogP contribution in [-0.4, -0.2) is 12.5 Å². The molecule has 0 aromatic heterocycles. The molecule has 0 bridgehead atoms. The van der Waals surface area contributed by atoms with Gasteiger partial charge in [0.25, 0.3) is 5.91 Å². The lowest BCUT2D eigenvalue weighted by Crippen LogP contribution is -2.25. The third kappa shape index (κ3) is 2.80. The number of amides is 1. The van der Waals surface area contributed by atoms with Gasteiger partial charge in [0.1, 0.15) is 0 Å². The zero-order valence-electron chi connectivity index (χ0n) is 11.9. The average molecular weight is 301 g/mol. The fourth-order valence-electron chi connectivity index (χ4n) is 2.67. The molecule has 2 aromatic carbocycles. The fourth-order valence-corrected chi connectivity index (χ4v) is 2.85. The number of halogens is 1. The molecule has 0 saturated carbocycles. The highest BCUT2D eigenvalue weighted by Gasteiger charge is 2.16. The van der Waals surface area contributed by atoms with Crippen molar-refractivity contribution in [3.8, 4) is 0 Å². The predicted octanol–water partition coefficient (Wildman–Crippen LogP) is 3.55. The topological polar surface area (TPSA) is 41.1 Å². The number of hydrogen-bond donors (Lipinski definition) is 2. The first-order chi connectivity index (χ1) is 10.2. The van der Waals surface area contributed by atoms with Crippen molar-refractivity contribution in [2.75, 3.05) is 11.9 Å². The van der Waals surface area contributed by atoms with Gasteiger partial charge < -0.3 is 10.6 Å². The van der Waals surface area contributed by atoms with Gasteiger partial charge >= 0.3 is 0 Å². The summed E-state index contributed by atoms with van der Waals surface area (Å²) < 4.78 is 0. The molecule has 0 aliphatic carbocycles. The van der Waals surface area contributed by atoms with Crippen LogP contribution in [0.25, 0.3) is 0 Å². The Morgan fingerprint density at radius 1 is 1.24 bits per heavy atom. The van der Waals surface area contributed by atoms with Gasteiger partial charge in [-0.05, 0) is 54.8 Å². The van der Waals surface area contributed by atoms with E-state index in [4.69, 9.17) is 11.6 Å². The van der Waals surface area contributed by atoms with E-state index >= 15 is 0 Å². The van der Waals surface area contributed by atoms with Gasteiger partial charge in [0.15, 0.2) is 0 Å². The summed E-state index contributed by atoms with van der Waals surface area (Å²) in [6.45, 7) is 3.64. The zero-order chi connectivity index (χ0) is 14.8. The molecular weight excluding hydrogens is 284 g/mol. The maximum absolute atomic E-state index is 12.5. The first-order valence-corrected chi connectivity index (χ1v) is 7.42. The number of anilines is 1. The van der Waals surface area contributed by atoms with E-state index in [2.05, 4.69) is 16.7 Å². The van der Waals surface area contributed by atoms with Crippen molar-refractivity contribution in [2.45, 2.75) is 19.9 Å². The molecule has 0 radical (unpaired) electrons.